The van der Waals surface area contributed by atoms with E-state index in [1.807, 2.05) is 24.4 Å². The molecule has 3 N–H and O–H groups in total. The van der Waals surface area contributed by atoms with Gasteiger partial charge in [0.05, 0.1) is 18.9 Å². The number of anilines is 2. The Morgan fingerprint density at radius 2 is 1.72 bits per heavy atom. The molecular weight excluding hydrogens is 482 g/mol. The van der Waals surface area contributed by atoms with Gasteiger partial charge in [-0.1, -0.05) is 30.3 Å². The summed E-state index contributed by atoms with van der Waals surface area (Å²) in [5, 5.41) is 8.95. The SMILES string of the molecule is CC1CCCN1C1(C)CCc2ccc(-c3cnc(N)c(C(=N)c4ccc(N5CCOCC5)cc4)c3)cc2CC1. The third-order valence-corrected chi connectivity index (χ3v) is 9.37. The fraction of sp³-hybridized carbons (Fsp3) is 0.455. The molecule has 2 aromatic carbocycles. The maximum absolute atomic E-state index is 8.95. The fourth-order valence-corrected chi connectivity index (χ4v) is 6.89. The van der Waals surface area contributed by atoms with Crippen molar-refractivity contribution in [3.8, 4) is 11.1 Å². The van der Waals surface area contributed by atoms with Gasteiger partial charge in [0.25, 0.3) is 0 Å². The van der Waals surface area contributed by atoms with Crippen LogP contribution in [0.25, 0.3) is 11.1 Å². The molecule has 3 aliphatic rings. The molecule has 1 aliphatic carbocycles. The first kappa shape index (κ1) is 26.0. The lowest BCUT2D eigenvalue weighted by molar-refractivity contribution is 0.0821. The summed E-state index contributed by atoms with van der Waals surface area (Å²) in [6.07, 6.45) is 9.15. The molecule has 39 heavy (non-hydrogen) atoms. The number of nitrogens with two attached hydrogens (primary N) is 1. The number of likely N-dealkylation sites (tertiary alicyclic amines) is 1. The Kier molecular flexibility index (Phi) is 7.17. The quantitative estimate of drug-likeness (QED) is 0.331. The number of benzene rings is 2. The minimum Gasteiger partial charge on any atom is -0.383 e. The van der Waals surface area contributed by atoms with Gasteiger partial charge in [0, 0.05) is 53.2 Å². The lowest BCUT2D eigenvalue weighted by Gasteiger charge is -2.41. The van der Waals surface area contributed by atoms with Gasteiger partial charge < -0.3 is 15.4 Å². The largest absolute Gasteiger partial charge is 0.383 e. The zero-order valence-electron chi connectivity index (χ0n) is 23.4. The maximum Gasteiger partial charge on any atom is 0.132 e. The van der Waals surface area contributed by atoms with E-state index in [2.05, 4.69) is 59.0 Å². The average molecular weight is 524 g/mol. The van der Waals surface area contributed by atoms with Gasteiger partial charge in [-0.2, -0.15) is 0 Å². The monoisotopic (exact) mass is 523 g/mol. The van der Waals surface area contributed by atoms with Gasteiger partial charge in [-0.25, -0.2) is 4.98 Å². The third kappa shape index (κ3) is 5.20. The van der Waals surface area contributed by atoms with Crippen LogP contribution in [-0.4, -0.2) is 60.0 Å². The normalized spacial score (nSPS) is 23.8. The summed E-state index contributed by atoms with van der Waals surface area (Å²) < 4.78 is 5.47. The number of fused-ring (bicyclic) bond motifs is 1. The van der Waals surface area contributed by atoms with Crippen molar-refractivity contribution in [2.24, 2.45) is 0 Å². The summed E-state index contributed by atoms with van der Waals surface area (Å²) in [6, 6.07) is 17.8. The minimum atomic E-state index is 0.275. The first-order valence-corrected chi connectivity index (χ1v) is 14.6. The molecule has 1 aromatic heterocycles. The first-order valence-electron chi connectivity index (χ1n) is 14.6. The number of hydrogen-bond acceptors (Lipinski definition) is 6. The number of aromatic nitrogens is 1. The lowest BCUT2D eigenvalue weighted by Crippen LogP contribution is -2.48. The van der Waals surface area contributed by atoms with Crippen LogP contribution >= 0.6 is 0 Å². The van der Waals surface area contributed by atoms with Gasteiger partial charge in [-0.3, -0.25) is 10.3 Å². The topological polar surface area (TPSA) is 78.5 Å². The highest BCUT2D eigenvalue weighted by atomic mass is 16.5. The summed E-state index contributed by atoms with van der Waals surface area (Å²) in [7, 11) is 0. The van der Waals surface area contributed by atoms with E-state index < -0.39 is 0 Å². The standard InChI is InChI=1S/C33H41N5O/c1-23-4-3-15-38(23)33(2)13-11-24-5-6-26(20-27(24)12-14-33)28-21-30(32(35)36-22-28)31(34)25-7-9-29(10-8-25)37-16-18-39-19-17-37/h5-10,20-23,34H,3-4,11-19H2,1-2H3,(H2,35,36). The maximum atomic E-state index is 8.95. The van der Waals surface area contributed by atoms with E-state index in [0.29, 0.717) is 23.1 Å². The van der Waals surface area contributed by atoms with E-state index >= 15 is 0 Å². The van der Waals surface area contributed by atoms with Crippen molar-refractivity contribution >= 4 is 17.2 Å². The molecule has 6 rings (SSSR count). The summed E-state index contributed by atoms with van der Waals surface area (Å²) in [4.78, 5) is 9.61. The van der Waals surface area contributed by atoms with Gasteiger partial charge in [0.2, 0.25) is 0 Å². The van der Waals surface area contributed by atoms with E-state index in [-0.39, 0.29) is 5.54 Å². The van der Waals surface area contributed by atoms with E-state index in [4.69, 9.17) is 15.9 Å². The molecule has 2 atom stereocenters. The third-order valence-electron chi connectivity index (χ3n) is 9.37. The van der Waals surface area contributed by atoms with Crippen LogP contribution < -0.4 is 10.6 Å². The second-order valence-corrected chi connectivity index (χ2v) is 11.8. The molecule has 0 bridgehead atoms. The Morgan fingerprint density at radius 3 is 2.44 bits per heavy atom. The van der Waals surface area contributed by atoms with Crippen LogP contribution in [0.2, 0.25) is 0 Å². The van der Waals surface area contributed by atoms with E-state index in [1.165, 1.54) is 43.4 Å². The molecule has 0 spiro atoms. The highest BCUT2D eigenvalue weighted by molar-refractivity contribution is 6.14. The fourth-order valence-electron chi connectivity index (χ4n) is 6.89. The van der Waals surface area contributed by atoms with Crippen molar-refractivity contribution < 1.29 is 4.74 Å². The van der Waals surface area contributed by atoms with E-state index in [1.54, 1.807) is 0 Å². The molecule has 0 saturated carbocycles. The zero-order chi connectivity index (χ0) is 27.0. The predicted molar refractivity (Wildman–Crippen MR) is 160 cm³/mol. The number of ether oxygens (including phenoxy) is 1. The summed E-state index contributed by atoms with van der Waals surface area (Å²) in [5.41, 5.74) is 14.8. The zero-order valence-corrected chi connectivity index (χ0v) is 23.4. The van der Waals surface area contributed by atoms with Crippen LogP contribution in [0.1, 0.15) is 61.8 Å². The Labute approximate surface area is 232 Å². The molecule has 2 unspecified atom stereocenters. The number of nitrogen functional groups attached to an aromatic ring is 1. The molecule has 3 heterocycles. The van der Waals surface area contributed by atoms with Gasteiger partial charge in [-0.05, 0) is 93.8 Å². The van der Waals surface area contributed by atoms with Crippen LogP contribution in [0.4, 0.5) is 11.5 Å². The Morgan fingerprint density at radius 1 is 0.974 bits per heavy atom. The molecule has 6 nitrogen and oxygen atoms in total. The number of hydrogen-bond donors (Lipinski definition) is 2. The molecule has 2 saturated heterocycles. The molecule has 3 aromatic rings. The first-order chi connectivity index (χ1) is 18.9. The van der Waals surface area contributed by atoms with Gasteiger partial charge in [0.1, 0.15) is 5.82 Å². The van der Waals surface area contributed by atoms with Gasteiger partial charge in [0.15, 0.2) is 0 Å². The summed E-state index contributed by atoms with van der Waals surface area (Å²) >= 11 is 0. The Balaban J connectivity index is 1.22. The number of nitrogens with one attached hydrogen (secondary N) is 1. The van der Waals surface area contributed by atoms with Crippen molar-refractivity contribution in [2.75, 3.05) is 43.5 Å². The number of nitrogens with zero attached hydrogens (tertiary/aromatic N) is 3. The summed E-state index contributed by atoms with van der Waals surface area (Å²) in [5.74, 6) is 0.395. The van der Waals surface area contributed by atoms with Crippen molar-refractivity contribution in [3.05, 3.63) is 77.0 Å². The molecule has 0 radical (unpaired) electrons. The minimum absolute atomic E-state index is 0.275. The average Bonchev–Trinajstić information content (AvgIpc) is 3.34. The molecule has 2 aliphatic heterocycles. The Hall–Kier alpha value is -3.22. The van der Waals surface area contributed by atoms with Crippen molar-refractivity contribution in [1.29, 1.82) is 5.41 Å². The highest BCUT2D eigenvalue weighted by Gasteiger charge is 2.38. The van der Waals surface area contributed by atoms with Crippen LogP contribution in [0, 0.1) is 5.41 Å². The predicted octanol–water partition coefficient (Wildman–Crippen LogP) is 5.71. The number of pyridine rings is 1. The lowest BCUT2D eigenvalue weighted by atomic mass is 9.89. The Bertz CT molecular complexity index is 1350. The molecule has 0 amide bonds. The van der Waals surface area contributed by atoms with Crippen molar-refractivity contribution in [3.63, 3.8) is 0 Å². The number of morpholine rings is 1. The van der Waals surface area contributed by atoms with Crippen LogP contribution in [0.5, 0.6) is 0 Å². The van der Waals surface area contributed by atoms with Crippen LogP contribution in [0.3, 0.4) is 0 Å². The summed E-state index contributed by atoms with van der Waals surface area (Å²) in [6.45, 7) is 9.42. The van der Waals surface area contributed by atoms with Crippen molar-refractivity contribution in [1.82, 2.24) is 9.88 Å². The molecule has 6 heteroatoms. The van der Waals surface area contributed by atoms with Crippen molar-refractivity contribution in [2.45, 2.75) is 64.0 Å². The molecular formula is C33H41N5O. The molecule has 2 fully saturated rings. The smallest absolute Gasteiger partial charge is 0.132 e. The van der Waals surface area contributed by atoms with Gasteiger partial charge >= 0.3 is 0 Å². The van der Waals surface area contributed by atoms with E-state index in [9.17, 15) is 0 Å². The van der Waals surface area contributed by atoms with E-state index in [0.717, 1.165) is 61.5 Å². The second kappa shape index (κ2) is 10.7. The van der Waals surface area contributed by atoms with Crippen LogP contribution in [-0.2, 0) is 17.6 Å². The van der Waals surface area contributed by atoms with Crippen LogP contribution in [0.15, 0.2) is 54.7 Å². The number of aryl methyl sites for hydroxylation is 2. The second-order valence-electron chi connectivity index (χ2n) is 11.8. The highest BCUT2D eigenvalue weighted by Crippen LogP contribution is 2.38. The molecule has 204 valence electrons. The van der Waals surface area contributed by atoms with Gasteiger partial charge in [-0.15, -0.1) is 0 Å². The number of rotatable bonds is 5.